The van der Waals surface area contributed by atoms with Crippen LogP contribution in [0.15, 0.2) is 35.3 Å². The van der Waals surface area contributed by atoms with Crippen molar-refractivity contribution < 1.29 is 19.4 Å². The quantitative estimate of drug-likeness (QED) is 0.809. The highest BCUT2D eigenvalue weighted by atomic mass is 16.5. The molecule has 0 aromatic heterocycles. The van der Waals surface area contributed by atoms with Crippen molar-refractivity contribution in [2.45, 2.75) is 25.5 Å². The van der Waals surface area contributed by atoms with Crippen molar-refractivity contribution in [3.05, 3.63) is 35.9 Å². The maximum Gasteiger partial charge on any atom is 0.302 e. The smallest absolute Gasteiger partial charge is 0.302 e. The molecule has 0 amide bonds. The van der Waals surface area contributed by atoms with Crippen LogP contribution in [-0.2, 0) is 14.3 Å². The Balaban J connectivity index is 2.09. The maximum atomic E-state index is 11.0. The monoisotopic (exact) mass is 263 g/mol. The van der Waals surface area contributed by atoms with Crippen LogP contribution in [-0.4, -0.2) is 42.3 Å². The molecule has 1 aromatic carbocycles. The number of benzene rings is 1. The van der Waals surface area contributed by atoms with Gasteiger partial charge in [0.05, 0.1) is 0 Å². The number of hydrogen-bond donors (Lipinski definition) is 1. The number of nitrogens with zero attached hydrogens (tertiary/aromatic N) is 1. The molecule has 2 atom stereocenters. The van der Waals surface area contributed by atoms with Gasteiger partial charge in [0.2, 0.25) is 5.90 Å². The Morgan fingerprint density at radius 2 is 2.26 bits per heavy atom. The number of hydrogen-bond acceptors (Lipinski definition) is 5. The second kappa shape index (κ2) is 6.33. The Kier molecular flexibility index (Phi) is 4.52. The summed E-state index contributed by atoms with van der Waals surface area (Å²) in [5, 5.41) is 9.01. The number of ether oxygens (including phenoxy) is 2. The largest absolute Gasteiger partial charge is 0.475 e. The van der Waals surface area contributed by atoms with E-state index >= 15 is 0 Å². The van der Waals surface area contributed by atoms with Crippen molar-refractivity contribution in [3.63, 3.8) is 0 Å². The summed E-state index contributed by atoms with van der Waals surface area (Å²) in [7, 11) is 0. The van der Waals surface area contributed by atoms with Gasteiger partial charge in [-0.2, -0.15) is 0 Å². The topological polar surface area (TPSA) is 68.1 Å². The van der Waals surface area contributed by atoms with Gasteiger partial charge in [-0.15, -0.1) is 0 Å². The Hall–Kier alpha value is -1.88. The minimum Gasteiger partial charge on any atom is -0.475 e. The van der Waals surface area contributed by atoms with Crippen LogP contribution in [0.25, 0.3) is 0 Å². The summed E-state index contributed by atoms with van der Waals surface area (Å²) in [5.74, 6) is 0.183. The third kappa shape index (κ3) is 3.54. The van der Waals surface area contributed by atoms with E-state index in [1.54, 1.807) is 0 Å². The van der Waals surface area contributed by atoms with Gasteiger partial charge >= 0.3 is 5.97 Å². The van der Waals surface area contributed by atoms with E-state index < -0.39 is 6.10 Å². The number of carbonyl (C=O) groups is 1. The van der Waals surface area contributed by atoms with Crippen molar-refractivity contribution in [1.82, 2.24) is 0 Å². The number of aliphatic hydroxyl groups excluding tert-OH is 1. The minimum absolute atomic E-state index is 0.0510. The maximum absolute atomic E-state index is 11.0. The fourth-order valence-electron chi connectivity index (χ4n) is 1.99. The first-order valence-corrected chi connectivity index (χ1v) is 6.25. The van der Waals surface area contributed by atoms with Gasteiger partial charge < -0.3 is 14.6 Å². The molecule has 1 N–H and O–H groups in total. The van der Waals surface area contributed by atoms with Gasteiger partial charge in [-0.3, -0.25) is 4.79 Å². The van der Waals surface area contributed by atoms with Crippen LogP contribution >= 0.6 is 0 Å². The molecule has 0 bridgehead atoms. The number of aliphatic imine (C=N–C) groups is 1. The molecule has 0 saturated heterocycles. The molecule has 5 nitrogen and oxygen atoms in total. The molecule has 1 aromatic rings. The highest BCUT2D eigenvalue weighted by Crippen LogP contribution is 2.18. The fourth-order valence-corrected chi connectivity index (χ4v) is 1.99. The second-order valence-electron chi connectivity index (χ2n) is 4.34. The predicted molar refractivity (Wildman–Crippen MR) is 70.0 cm³/mol. The standard InChI is InChI=1S/C14H17NO4/c1-10(17)19-13(7-8-16)12-9-18-14(15-12)11-5-3-2-4-6-11/h2-6,12-13,16H,7-9H2,1H3/t12-,13+/m1/s1. The highest BCUT2D eigenvalue weighted by Gasteiger charge is 2.29. The Morgan fingerprint density at radius 3 is 2.89 bits per heavy atom. The molecule has 0 saturated carbocycles. The SMILES string of the molecule is CC(=O)O[C@@H](CCO)[C@H]1COC(c2ccccc2)=N1. The van der Waals surface area contributed by atoms with Gasteiger partial charge in [-0.25, -0.2) is 4.99 Å². The zero-order valence-corrected chi connectivity index (χ0v) is 10.8. The van der Waals surface area contributed by atoms with E-state index in [9.17, 15) is 4.79 Å². The van der Waals surface area contributed by atoms with Gasteiger partial charge in [0.15, 0.2) is 0 Å². The van der Waals surface area contributed by atoms with Crippen LogP contribution < -0.4 is 0 Å². The van der Waals surface area contributed by atoms with Crippen molar-refractivity contribution in [2.75, 3.05) is 13.2 Å². The predicted octanol–water partition coefficient (Wildman–Crippen LogP) is 1.15. The van der Waals surface area contributed by atoms with Crippen LogP contribution in [0, 0.1) is 0 Å². The molecule has 102 valence electrons. The normalized spacial score (nSPS) is 19.5. The van der Waals surface area contributed by atoms with Crippen molar-refractivity contribution in [1.29, 1.82) is 0 Å². The molecular weight excluding hydrogens is 246 g/mol. The zero-order chi connectivity index (χ0) is 13.7. The van der Waals surface area contributed by atoms with E-state index in [0.717, 1.165) is 5.56 Å². The van der Waals surface area contributed by atoms with Gasteiger partial charge in [-0.1, -0.05) is 18.2 Å². The summed E-state index contributed by atoms with van der Waals surface area (Å²) < 4.78 is 10.7. The molecule has 0 unspecified atom stereocenters. The van der Waals surface area contributed by atoms with E-state index in [2.05, 4.69) is 4.99 Å². The molecule has 5 heteroatoms. The molecule has 1 aliphatic rings. The van der Waals surface area contributed by atoms with E-state index in [-0.39, 0.29) is 18.6 Å². The molecule has 19 heavy (non-hydrogen) atoms. The van der Waals surface area contributed by atoms with E-state index in [4.69, 9.17) is 14.6 Å². The van der Waals surface area contributed by atoms with Gasteiger partial charge in [0.25, 0.3) is 0 Å². The first-order chi connectivity index (χ1) is 9.20. The van der Waals surface area contributed by atoms with Gasteiger partial charge in [-0.05, 0) is 12.1 Å². The average molecular weight is 263 g/mol. The van der Waals surface area contributed by atoms with Gasteiger partial charge in [0.1, 0.15) is 18.8 Å². The number of carbonyl (C=O) groups excluding carboxylic acids is 1. The molecule has 2 rings (SSSR count). The lowest BCUT2D eigenvalue weighted by molar-refractivity contribution is -0.148. The Bertz CT molecular complexity index is 458. The third-order valence-corrected chi connectivity index (χ3v) is 2.85. The minimum atomic E-state index is -0.441. The molecule has 1 aliphatic heterocycles. The lowest BCUT2D eigenvalue weighted by Crippen LogP contribution is -2.31. The van der Waals surface area contributed by atoms with E-state index in [0.29, 0.717) is 18.9 Å². The molecule has 0 fully saturated rings. The van der Waals surface area contributed by atoms with Crippen LogP contribution in [0.1, 0.15) is 18.9 Å². The average Bonchev–Trinajstić information content (AvgIpc) is 2.88. The van der Waals surface area contributed by atoms with Crippen LogP contribution in [0.4, 0.5) is 0 Å². The zero-order valence-electron chi connectivity index (χ0n) is 10.8. The van der Waals surface area contributed by atoms with E-state index in [1.807, 2.05) is 30.3 Å². The molecule has 0 spiro atoms. The molecular formula is C14H17NO4. The Labute approximate surface area is 111 Å². The van der Waals surface area contributed by atoms with Crippen LogP contribution in [0.3, 0.4) is 0 Å². The number of esters is 1. The van der Waals surface area contributed by atoms with E-state index in [1.165, 1.54) is 6.92 Å². The summed E-state index contributed by atoms with van der Waals surface area (Å²) in [6.07, 6.45) is -0.0807. The lowest BCUT2D eigenvalue weighted by Gasteiger charge is -2.18. The summed E-state index contributed by atoms with van der Waals surface area (Å²) in [6, 6.07) is 9.30. The summed E-state index contributed by atoms with van der Waals surface area (Å²) in [5.41, 5.74) is 0.899. The summed E-state index contributed by atoms with van der Waals surface area (Å²) in [4.78, 5) is 15.5. The molecule has 1 heterocycles. The first kappa shape index (κ1) is 13.5. The molecule has 0 aliphatic carbocycles. The fraction of sp³-hybridized carbons (Fsp3) is 0.429. The summed E-state index contributed by atoms with van der Waals surface area (Å²) in [6.45, 7) is 1.66. The summed E-state index contributed by atoms with van der Waals surface area (Å²) >= 11 is 0. The number of aliphatic hydroxyl groups is 1. The van der Waals surface area contributed by atoms with Crippen molar-refractivity contribution >= 4 is 11.9 Å². The Morgan fingerprint density at radius 1 is 1.53 bits per heavy atom. The van der Waals surface area contributed by atoms with Crippen molar-refractivity contribution in [2.24, 2.45) is 4.99 Å². The van der Waals surface area contributed by atoms with Crippen LogP contribution in [0.2, 0.25) is 0 Å². The third-order valence-electron chi connectivity index (χ3n) is 2.85. The molecule has 0 radical (unpaired) electrons. The highest BCUT2D eigenvalue weighted by molar-refractivity contribution is 5.95. The lowest BCUT2D eigenvalue weighted by atomic mass is 10.1. The number of rotatable bonds is 5. The second-order valence-corrected chi connectivity index (χ2v) is 4.34. The van der Waals surface area contributed by atoms with Crippen LogP contribution in [0.5, 0.6) is 0 Å². The van der Waals surface area contributed by atoms with Gasteiger partial charge in [0, 0.05) is 25.5 Å². The van der Waals surface area contributed by atoms with Crippen molar-refractivity contribution in [3.8, 4) is 0 Å². The first-order valence-electron chi connectivity index (χ1n) is 6.25.